The minimum atomic E-state index is -1.24. The van der Waals surface area contributed by atoms with Crippen LogP contribution in [-0.4, -0.2) is 17.6 Å². The summed E-state index contributed by atoms with van der Waals surface area (Å²) in [6, 6.07) is 4.22. The van der Waals surface area contributed by atoms with Gasteiger partial charge in [0.05, 0.1) is 5.56 Å². The zero-order valence-electron chi connectivity index (χ0n) is 12.0. The predicted molar refractivity (Wildman–Crippen MR) is 73.7 cm³/mol. The van der Waals surface area contributed by atoms with Gasteiger partial charge in [0.1, 0.15) is 5.82 Å². The van der Waals surface area contributed by atoms with Gasteiger partial charge in [0.25, 0.3) is 0 Å². The Morgan fingerprint density at radius 2 is 2.05 bits per heavy atom. The van der Waals surface area contributed by atoms with Crippen LogP contribution in [0.3, 0.4) is 0 Å². The maximum atomic E-state index is 13.5. The van der Waals surface area contributed by atoms with Gasteiger partial charge in [-0.05, 0) is 35.6 Å². The molecule has 1 aromatic carbocycles. The molecule has 0 aliphatic heterocycles. The van der Waals surface area contributed by atoms with Gasteiger partial charge in [-0.2, -0.15) is 0 Å². The highest BCUT2D eigenvalue weighted by Crippen LogP contribution is 2.24. The van der Waals surface area contributed by atoms with Crippen LogP contribution in [0, 0.1) is 17.2 Å². The Bertz CT molecular complexity index is 452. The van der Waals surface area contributed by atoms with Gasteiger partial charge >= 0.3 is 5.97 Å². The predicted octanol–water partition coefficient (Wildman–Crippen LogP) is 3.30. The number of benzene rings is 1. The third kappa shape index (κ3) is 4.63. The van der Waals surface area contributed by atoms with Crippen molar-refractivity contribution in [3.05, 3.63) is 35.1 Å². The van der Waals surface area contributed by atoms with Crippen molar-refractivity contribution in [3.8, 4) is 0 Å². The molecule has 1 rings (SSSR count). The van der Waals surface area contributed by atoms with Crippen LogP contribution in [0.5, 0.6) is 0 Å². The highest BCUT2D eigenvalue weighted by atomic mass is 19.1. The highest BCUT2D eigenvalue weighted by molar-refractivity contribution is 5.87. The molecule has 0 aliphatic rings. The fourth-order valence-electron chi connectivity index (χ4n) is 1.58. The minimum Gasteiger partial charge on any atom is -0.478 e. The molecule has 4 heteroatoms. The van der Waals surface area contributed by atoms with Crippen molar-refractivity contribution in [1.29, 1.82) is 0 Å². The first-order chi connectivity index (χ1) is 8.71. The quantitative estimate of drug-likeness (QED) is 0.860. The molecule has 0 fully saturated rings. The summed E-state index contributed by atoms with van der Waals surface area (Å²) < 4.78 is 13.5. The first-order valence-electron chi connectivity index (χ1n) is 6.44. The lowest BCUT2D eigenvalue weighted by Gasteiger charge is -2.27. The van der Waals surface area contributed by atoms with Gasteiger partial charge in [-0.1, -0.05) is 33.8 Å². The molecule has 3 nitrogen and oxygen atoms in total. The third-order valence-electron chi connectivity index (χ3n) is 3.52. The fraction of sp³-hybridized carbons (Fsp3) is 0.533. The largest absolute Gasteiger partial charge is 0.478 e. The summed E-state index contributed by atoms with van der Waals surface area (Å²) in [6.07, 6.45) is 0. The molecule has 1 atom stereocenters. The molecule has 106 valence electrons. The standard InChI is InChI=1S/C15H22FNO2/c1-10(15(2,3)4)8-17-9-11-5-6-12(14(18)19)13(16)7-11/h5-7,10,17H,8-9H2,1-4H3,(H,18,19). The van der Waals surface area contributed by atoms with E-state index in [9.17, 15) is 9.18 Å². The monoisotopic (exact) mass is 267 g/mol. The summed E-state index contributed by atoms with van der Waals surface area (Å²) in [7, 11) is 0. The van der Waals surface area contributed by atoms with E-state index in [4.69, 9.17) is 5.11 Å². The van der Waals surface area contributed by atoms with Crippen molar-refractivity contribution in [2.75, 3.05) is 6.54 Å². The summed E-state index contributed by atoms with van der Waals surface area (Å²) >= 11 is 0. The van der Waals surface area contributed by atoms with Gasteiger partial charge in [0.2, 0.25) is 0 Å². The lowest BCUT2D eigenvalue weighted by molar-refractivity contribution is 0.0692. The zero-order chi connectivity index (χ0) is 14.6. The maximum Gasteiger partial charge on any atom is 0.338 e. The molecular weight excluding hydrogens is 245 g/mol. The molecule has 19 heavy (non-hydrogen) atoms. The Kier molecular flexibility index (Phi) is 5.06. The number of carbonyl (C=O) groups is 1. The molecule has 0 aliphatic carbocycles. The number of carboxylic acids is 1. The molecule has 1 unspecified atom stereocenters. The van der Waals surface area contributed by atoms with E-state index in [1.54, 1.807) is 6.07 Å². The highest BCUT2D eigenvalue weighted by Gasteiger charge is 2.19. The van der Waals surface area contributed by atoms with Crippen molar-refractivity contribution in [3.63, 3.8) is 0 Å². The average molecular weight is 267 g/mol. The first kappa shape index (κ1) is 15.6. The van der Waals surface area contributed by atoms with Crippen LogP contribution in [0.2, 0.25) is 0 Å². The van der Waals surface area contributed by atoms with Crippen LogP contribution in [0.25, 0.3) is 0 Å². The Morgan fingerprint density at radius 1 is 1.42 bits per heavy atom. The van der Waals surface area contributed by atoms with E-state index in [1.807, 2.05) is 0 Å². The van der Waals surface area contributed by atoms with E-state index >= 15 is 0 Å². The molecule has 2 N–H and O–H groups in total. The first-order valence-corrected chi connectivity index (χ1v) is 6.44. The molecule has 0 heterocycles. The van der Waals surface area contributed by atoms with Gasteiger partial charge in [-0.25, -0.2) is 9.18 Å². The van der Waals surface area contributed by atoms with Gasteiger partial charge in [0, 0.05) is 6.54 Å². The molecular formula is C15H22FNO2. The summed E-state index contributed by atoms with van der Waals surface area (Å²) in [5.74, 6) is -1.43. The van der Waals surface area contributed by atoms with E-state index < -0.39 is 11.8 Å². The second-order valence-corrected chi connectivity index (χ2v) is 6.02. The number of nitrogens with one attached hydrogen (secondary N) is 1. The second-order valence-electron chi connectivity index (χ2n) is 6.02. The van der Waals surface area contributed by atoms with Crippen molar-refractivity contribution >= 4 is 5.97 Å². The van der Waals surface area contributed by atoms with Gasteiger partial charge < -0.3 is 10.4 Å². The SMILES string of the molecule is CC(CNCc1ccc(C(=O)O)c(F)c1)C(C)(C)C. The zero-order valence-corrected chi connectivity index (χ0v) is 12.0. The van der Waals surface area contributed by atoms with Crippen molar-refractivity contribution in [2.24, 2.45) is 11.3 Å². The number of halogens is 1. The lowest BCUT2D eigenvalue weighted by Crippen LogP contribution is -2.29. The number of hydrogen-bond acceptors (Lipinski definition) is 2. The third-order valence-corrected chi connectivity index (χ3v) is 3.52. The van der Waals surface area contributed by atoms with Gasteiger partial charge in [-0.15, -0.1) is 0 Å². The smallest absolute Gasteiger partial charge is 0.338 e. The molecule has 1 aromatic rings. The van der Waals surface area contributed by atoms with E-state index in [0.29, 0.717) is 12.5 Å². The topological polar surface area (TPSA) is 49.3 Å². The molecule has 0 saturated carbocycles. The van der Waals surface area contributed by atoms with Crippen LogP contribution < -0.4 is 5.32 Å². The molecule has 0 radical (unpaired) electrons. The number of carboxylic acid groups (broad SMARTS) is 1. The van der Waals surface area contributed by atoms with E-state index in [2.05, 4.69) is 33.0 Å². The molecule has 0 saturated heterocycles. The van der Waals surface area contributed by atoms with E-state index in [1.165, 1.54) is 12.1 Å². The number of hydrogen-bond donors (Lipinski definition) is 2. The van der Waals surface area contributed by atoms with E-state index in [-0.39, 0.29) is 11.0 Å². The Labute approximate surface area is 113 Å². The van der Waals surface area contributed by atoms with Crippen LogP contribution in [0.4, 0.5) is 4.39 Å². The van der Waals surface area contributed by atoms with Crippen LogP contribution in [0.15, 0.2) is 18.2 Å². The van der Waals surface area contributed by atoms with Crippen LogP contribution in [-0.2, 0) is 6.54 Å². The van der Waals surface area contributed by atoms with Crippen LogP contribution >= 0.6 is 0 Å². The van der Waals surface area contributed by atoms with E-state index in [0.717, 1.165) is 12.1 Å². The average Bonchev–Trinajstić information content (AvgIpc) is 2.27. The molecule has 0 bridgehead atoms. The molecule has 0 amide bonds. The lowest BCUT2D eigenvalue weighted by atomic mass is 9.82. The molecule has 0 spiro atoms. The second kappa shape index (κ2) is 6.15. The number of rotatable bonds is 5. The normalized spacial score (nSPS) is 13.3. The van der Waals surface area contributed by atoms with Gasteiger partial charge in [0.15, 0.2) is 0 Å². The summed E-state index contributed by atoms with van der Waals surface area (Å²) in [5.41, 5.74) is 0.696. The fourth-order valence-corrected chi connectivity index (χ4v) is 1.58. The van der Waals surface area contributed by atoms with Crippen molar-refractivity contribution in [2.45, 2.75) is 34.2 Å². The van der Waals surface area contributed by atoms with Crippen LogP contribution in [0.1, 0.15) is 43.6 Å². The van der Waals surface area contributed by atoms with Gasteiger partial charge in [-0.3, -0.25) is 0 Å². The van der Waals surface area contributed by atoms with Crippen molar-refractivity contribution < 1.29 is 14.3 Å². The minimum absolute atomic E-state index is 0.228. The number of aromatic carboxylic acids is 1. The summed E-state index contributed by atoms with van der Waals surface area (Å²) in [6.45, 7) is 10.1. The maximum absolute atomic E-state index is 13.5. The Hall–Kier alpha value is -1.42. The summed E-state index contributed by atoms with van der Waals surface area (Å²) in [4.78, 5) is 10.7. The Morgan fingerprint density at radius 3 is 2.53 bits per heavy atom. The molecule has 0 aromatic heterocycles. The van der Waals surface area contributed by atoms with Crippen molar-refractivity contribution in [1.82, 2.24) is 5.32 Å². The Balaban J connectivity index is 2.56. The summed E-state index contributed by atoms with van der Waals surface area (Å²) in [5, 5.41) is 12.0.